The van der Waals surface area contributed by atoms with E-state index in [2.05, 4.69) is 0 Å². The highest BCUT2D eigenvalue weighted by Crippen LogP contribution is 2.51. The van der Waals surface area contributed by atoms with E-state index in [-0.39, 0.29) is 0 Å². The minimum atomic E-state index is -4.55. The van der Waals surface area contributed by atoms with Crippen molar-refractivity contribution in [3.63, 3.8) is 0 Å². The molecule has 0 aliphatic carbocycles. The maximum atomic E-state index is 9.85. The van der Waals surface area contributed by atoms with Crippen LogP contribution in [-0.4, -0.2) is 45.1 Å². The van der Waals surface area contributed by atoms with Gasteiger partial charge >= 0.3 is 15.2 Å². The molecule has 1 atom stereocenters. The predicted octanol–water partition coefficient (Wildman–Crippen LogP) is -0.271. The zero-order valence-electron chi connectivity index (χ0n) is 12.2. The Morgan fingerprint density at radius 3 is 1.48 bits per heavy atom. The molecule has 130 valence electrons. The molecule has 0 radical (unpaired) electrons. The van der Waals surface area contributed by atoms with Gasteiger partial charge in [0.1, 0.15) is 0 Å². The number of hydrogen-bond acceptors (Lipinski definition) is 5. The van der Waals surface area contributed by atoms with Crippen molar-refractivity contribution in [1.29, 1.82) is 0 Å². The fourth-order valence-electron chi connectivity index (χ4n) is 1.60. The van der Waals surface area contributed by atoms with E-state index in [0.717, 1.165) is 32.5 Å². The summed E-state index contributed by atoms with van der Waals surface area (Å²) in [5, 5.41) is 0. The summed E-state index contributed by atoms with van der Waals surface area (Å²) in [6, 6.07) is 0. The molecular formula is C10H29N3O6P2. The van der Waals surface area contributed by atoms with Gasteiger partial charge in [-0.15, -0.1) is 0 Å². The molecule has 0 aromatic carbocycles. The van der Waals surface area contributed by atoms with E-state index in [1.165, 1.54) is 19.3 Å². The van der Waals surface area contributed by atoms with Crippen LogP contribution in [0.15, 0.2) is 0 Å². The third-order valence-electron chi connectivity index (χ3n) is 2.58. The Morgan fingerprint density at radius 1 is 0.762 bits per heavy atom. The van der Waals surface area contributed by atoms with Crippen molar-refractivity contribution in [3.05, 3.63) is 0 Å². The van der Waals surface area contributed by atoms with E-state index in [1.807, 2.05) is 0 Å². The van der Waals surface area contributed by atoms with Gasteiger partial charge in [0.2, 0.25) is 0 Å². The Kier molecular flexibility index (Phi) is 14.2. The monoisotopic (exact) mass is 349 g/mol. The van der Waals surface area contributed by atoms with Crippen molar-refractivity contribution in [2.75, 3.05) is 25.5 Å². The maximum Gasteiger partial charge on any atom is 0.337 e. The molecule has 0 aliphatic rings. The van der Waals surface area contributed by atoms with E-state index < -0.39 is 21.1 Å². The summed E-state index contributed by atoms with van der Waals surface area (Å²) in [7, 11) is -9.10. The van der Waals surface area contributed by atoms with Gasteiger partial charge in [0.05, 0.1) is 0 Å². The van der Waals surface area contributed by atoms with Crippen LogP contribution < -0.4 is 17.2 Å². The zero-order chi connectivity index (χ0) is 16.9. The van der Waals surface area contributed by atoms with E-state index in [9.17, 15) is 9.13 Å². The van der Waals surface area contributed by atoms with Crippen LogP contribution in [0.3, 0.4) is 0 Å². The summed E-state index contributed by atoms with van der Waals surface area (Å²) in [5.41, 5.74) is 16.5. The van der Waals surface area contributed by atoms with Crippen LogP contribution in [0.1, 0.15) is 32.1 Å². The van der Waals surface area contributed by atoms with Crippen molar-refractivity contribution >= 4 is 15.2 Å². The van der Waals surface area contributed by atoms with Crippen LogP contribution in [0, 0.1) is 5.92 Å². The Morgan fingerprint density at radius 2 is 1.19 bits per heavy atom. The lowest BCUT2D eigenvalue weighted by atomic mass is 9.97. The number of unbranched alkanes of at least 4 members (excludes halogenated alkanes) is 1. The number of nitrogens with two attached hydrogens (primary N) is 3. The molecule has 0 aliphatic heterocycles. The van der Waals surface area contributed by atoms with Crippen molar-refractivity contribution in [1.82, 2.24) is 0 Å². The second-order valence-corrected chi connectivity index (χ2v) is 8.58. The molecular weight excluding hydrogens is 320 g/mol. The quantitative estimate of drug-likeness (QED) is 0.205. The summed E-state index contributed by atoms with van der Waals surface area (Å²) in [6.07, 6.45) is 5.83. The number of rotatable bonds is 10. The Hall–Kier alpha value is 0.180. The van der Waals surface area contributed by atoms with Crippen molar-refractivity contribution in [3.8, 4) is 0 Å². The molecule has 0 heterocycles. The first kappa shape index (κ1) is 23.4. The largest absolute Gasteiger partial charge is 0.337 e. The Balaban J connectivity index is 0. The molecule has 0 fully saturated rings. The first-order valence-corrected chi connectivity index (χ1v) is 10.3. The van der Waals surface area contributed by atoms with Crippen LogP contribution >= 0.6 is 15.2 Å². The normalized spacial score (nSPS) is 13.5. The zero-order valence-corrected chi connectivity index (χ0v) is 14.0. The fraction of sp³-hybridized carbons (Fsp3) is 1.00. The second kappa shape index (κ2) is 12.7. The highest BCUT2D eigenvalue weighted by atomic mass is 31.2. The van der Waals surface area contributed by atoms with Crippen molar-refractivity contribution < 1.29 is 28.7 Å². The molecule has 0 amide bonds. The molecule has 0 aromatic rings. The first-order valence-electron chi connectivity index (χ1n) is 6.75. The maximum absolute atomic E-state index is 9.85. The number of hydrogen-bond donors (Lipinski definition) is 7. The van der Waals surface area contributed by atoms with Gasteiger partial charge in [-0.3, -0.25) is 9.13 Å². The van der Waals surface area contributed by atoms with Crippen LogP contribution in [0.5, 0.6) is 0 Å². The smallest absolute Gasteiger partial charge is 0.330 e. The molecule has 0 aromatic heterocycles. The highest BCUT2D eigenvalue weighted by molar-refractivity contribution is 7.69. The lowest BCUT2D eigenvalue weighted by Crippen LogP contribution is -2.16. The SMILES string of the molecule is NCCCCC(CN)CCCN.O=P(O)(O)CP(=O)(O)O. The van der Waals surface area contributed by atoms with Gasteiger partial charge in [-0.05, 0) is 51.2 Å². The molecule has 1 unspecified atom stereocenters. The van der Waals surface area contributed by atoms with Crippen molar-refractivity contribution in [2.45, 2.75) is 32.1 Å². The minimum Gasteiger partial charge on any atom is -0.330 e. The molecule has 0 saturated heterocycles. The summed E-state index contributed by atoms with van der Waals surface area (Å²) in [4.78, 5) is 31.9. The van der Waals surface area contributed by atoms with Crippen LogP contribution in [-0.2, 0) is 9.13 Å². The average Bonchev–Trinajstić information content (AvgIpc) is 2.30. The Labute approximate surface area is 125 Å². The topological polar surface area (TPSA) is 193 Å². The average molecular weight is 349 g/mol. The first-order chi connectivity index (χ1) is 9.55. The van der Waals surface area contributed by atoms with E-state index >= 15 is 0 Å². The van der Waals surface area contributed by atoms with E-state index in [4.69, 9.17) is 36.8 Å². The standard InChI is InChI=1S/C9H23N3.CH6O6P2/c10-6-2-1-4-9(8-12)5-3-7-11;2-8(3,4)1-9(5,6)7/h9H,1-8,10-12H2;1H2,(H2,2,3,4)(H2,5,6,7). The molecule has 9 nitrogen and oxygen atoms in total. The van der Waals surface area contributed by atoms with Gasteiger partial charge in [0.25, 0.3) is 0 Å². The molecule has 10 N–H and O–H groups in total. The summed E-state index contributed by atoms with van der Waals surface area (Å²) in [6.45, 7) is 2.38. The molecule has 0 rings (SSSR count). The van der Waals surface area contributed by atoms with Crippen LogP contribution in [0.25, 0.3) is 0 Å². The lowest BCUT2D eigenvalue weighted by Gasteiger charge is -2.13. The molecule has 11 heteroatoms. The van der Waals surface area contributed by atoms with E-state index in [1.54, 1.807) is 0 Å². The summed E-state index contributed by atoms with van der Waals surface area (Å²) in [5.74, 6) is -0.708. The Bertz CT molecular complexity index is 313. The molecule has 21 heavy (non-hydrogen) atoms. The van der Waals surface area contributed by atoms with Crippen LogP contribution in [0.2, 0.25) is 0 Å². The third kappa shape index (κ3) is 22.6. The predicted molar refractivity (Wildman–Crippen MR) is 82.7 cm³/mol. The summed E-state index contributed by atoms with van der Waals surface area (Å²) >= 11 is 0. The van der Waals surface area contributed by atoms with Gasteiger partial charge in [-0.25, -0.2) is 0 Å². The molecule has 0 bridgehead atoms. The highest BCUT2D eigenvalue weighted by Gasteiger charge is 2.26. The van der Waals surface area contributed by atoms with E-state index in [0.29, 0.717) is 5.92 Å². The lowest BCUT2D eigenvalue weighted by molar-refractivity contribution is 0.357. The summed E-state index contributed by atoms with van der Waals surface area (Å²) < 4.78 is 19.7. The van der Waals surface area contributed by atoms with Gasteiger partial charge < -0.3 is 36.8 Å². The van der Waals surface area contributed by atoms with Gasteiger partial charge in [0, 0.05) is 0 Å². The minimum absolute atomic E-state index is 0.667. The molecule has 0 saturated carbocycles. The van der Waals surface area contributed by atoms with Crippen LogP contribution in [0.4, 0.5) is 0 Å². The molecule has 0 spiro atoms. The van der Waals surface area contributed by atoms with Gasteiger partial charge in [-0.1, -0.05) is 6.42 Å². The fourth-order valence-corrected chi connectivity index (χ4v) is 3.52. The second-order valence-electron chi connectivity index (χ2n) is 4.79. The van der Waals surface area contributed by atoms with Gasteiger partial charge in [0.15, 0.2) is 5.90 Å². The third-order valence-corrected chi connectivity index (χ3v) is 5.53. The van der Waals surface area contributed by atoms with Crippen molar-refractivity contribution in [2.24, 2.45) is 23.1 Å². The van der Waals surface area contributed by atoms with Gasteiger partial charge in [-0.2, -0.15) is 0 Å².